The van der Waals surface area contributed by atoms with Crippen LogP contribution in [0.1, 0.15) is 10.5 Å². The number of hydrogen-bond donors (Lipinski definition) is 2. The average molecular weight is 316 g/mol. The summed E-state index contributed by atoms with van der Waals surface area (Å²) >= 11 is 5.87. The van der Waals surface area contributed by atoms with Crippen molar-refractivity contribution >= 4 is 17.6 Å². The molecule has 0 saturated carbocycles. The van der Waals surface area contributed by atoms with Crippen molar-refractivity contribution < 1.29 is 14.6 Å². The van der Waals surface area contributed by atoms with Gasteiger partial charge in [-0.3, -0.25) is 0 Å². The molecule has 0 aliphatic carbocycles. The number of halogens is 1. The van der Waals surface area contributed by atoms with Crippen molar-refractivity contribution in [3.63, 3.8) is 0 Å². The van der Waals surface area contributed by atoms with Crippen LogP contribution in [-0.4, -0.2) is 26.5 Å². The first-order valence-corrected chi connectivity index (χ1v) is 6.69. The fourth-order valence-corrected chi connectivity index (χ4v) is 2.05. The van der Waals surface area contributed by atoms with E-state index in [1.807, 2.05) is 18.2 Å². The van der Waals surface area contributed by atoms with Crippen molar-refractivity contribution in [1.82, 2.24) is 15.4 Å². The molecule has 0 amide bonds. The molecule has 1 heterocycles. The summed E-state index contributed by atoms with van der Waals surface area (Å²) in [5, 5.41) is 19.0. The molecular weight excluding hydrogens is 306 g/mol. The molecule has 2 N–H and O–H groups in total. The van der Waals surface area contributed by atoms with E-state index in [0.717, 1.165) is 11.1 Å². The number of aromatic carboxylic acids is 1. The third-order valence-corrected chi connectivity index (χ3v) is 3.21. The molecule has 3 aromatic rings. The SMILES string of the molecule is O=C(O)c1[nH]nnc1Oc1cccc(-c2ccc(Cl)cc2)c1. The summed E-state index contributed by atoms with van der Waals surface area (Å²) in [6.07, 6.45) is 0. The molecule has 1 aromatic heterocycles. The zero-order chi connectivity index (χ0) is 15.5. The van der Waals surface area contributed by atoms with Crippen LogP contribution >= 0.6 is 11.6 Å². The zero-order valence-electron chi connectivity index (χ0n) is 11.2. The molecule has 0 atom stereocenters. The van der Waals surface area contributed by atoms with Gasteiger partial charge in [-0.15, -0.1) is 0 Å². The number of H-pyrrole nitrogens is 1. The monoisotopic (exact) mass is 315 g/mol. The number of hydrogen-bond acceptors (Lipinski definition) is 4. The topological polar surface area (TPSA) is 88.1 Å². The van der Waals surface area contributed by atoms with Crippen molar-refractivity contribution in [3.8, 4) is 22.8 Å². The lowest BCUT2D eigenvalue weighted by atomic mass is 10.1. The molecule has 0 bridgehead atoms. The first-order valence-electron chi connectivity index (χ1n) is 6.31. The fourth-order valence-electron chi connectivity index (χ4n) is 1.92. The standard InChI is InChI=1S/C15H10ClN3O3/c16-11-6-4-9(5-7-11)10-2-1-3-12(8-10)22-14-13(15(20)21)17-19-18-14/h1-8H,(H,20,21)(H,17,18,19). The maximum atomic E-state index is 11.0. The molecule has 0 spiro atoms. The largest absolute Gasteiger partial charge is 0.476 e. The highest BCUT2D eigenvalue weighted by atomic mass is 35.5. The van der Waals surface area contributed by atoms with Crippen LogP contribution in [0.3, 0.4) is 0 Å². The fraction of sp³-hybridized carbons (Fsp3) is 0. The van der Waals surface area contributed by atoms with E-state index >= 15 is 0 Å². The Labute approximate surface area is 130 Å². The van der Waals surface area contributed by atoms with Crippen LogP contribution in [0.25, 0.3) is 11.1 Å². The van der Waals surface area contributed by atoms with Gasteiger partial charge >= 0.3 is 5.97 Å². The molecule has 6 nitrogen and oxygen atoms in total. The number of nitrogens with zero attached hydrogens (tertiary/aromatic N) is 2. The highest BCUT2D eigenvalue weighted by Gasteiger charge is 2.16. The molecule has 0 unspecified atom stereocenters. The molecule has 0 aliphatic rings. The number of carboxylic acid groups (broad SMARTS) is 1. The number of nitrogens with one attached hydrogen (secondary N) is 1. The molecule has 7 heteroatoms. The van der Waals surface area contributed by atoms with E-state index in [1.54, 1.807) is 30.3 Å². The Morgan fingerprint density at radius 2 is 1.91 bits per heavy atom. The smallest absolute Gasteiger partial charge is 0.359 e. The van der Waals surface area contributed by atoms with Crippen molar-refractivity contribution in [2.75, 3.05) is 0 Å². The van der Waals surface area contributed by atoms with Gasteiger partial charge in [-0.1, -0.05) is 46.2 Å². The second-order valence-corrected chi connectivity index (χ2v) is 4.87. The van der Waals surface area contributed by atoms with Crippen molar-refractivity contribution in [2.24, 2.45) is 0 Å². The Balaban J connectivity index is 1.89. The van der Waals surface area contributed by atoms with Gasteiger partial charge in [-0.2, -0.15) is 0 Å². The molecule has 0 radical (unpaired) electrons. The Morgan fingerprint density at radius 3 is 2.64 bits per heavy atom. The normalized spacial score (nSPS) is 10.4. The maximum absolute atomic E-state index is 11.0. The van der Waals surface area contributed by atoms with Crippen LogP contribution < -0.4 is 4.74 Å². The van der Waals surface area contributed by atoms with Gasteiger partial charge in [-0.25, -0.2) is 9.89 Å². The number of ether oxygens (including phenoxy) is 1. The molecular formula is C15H10ClN3O3. The Morgan fingerprint density at radius 1 is 1.14 bits per heavy atom. The van der Waals surface area contributed by atoms with E-state index in [-0.39, 0.29) is 11.6 Å². The van der Waals surface area contributed by atoms with Crippen LogP contribution in [0.15, 0.2) is 48.5 Å². The first-order chi connectivity index (χ1) is 10.6. The Kier molecular flexibility index (Phi) is 3.76. The molecule has 0 aliphatic heterocycles. The minimum atomic E-state index is -1.19. The van der Waals surface area contributed by atoms with Crippen molar-refractivity contribution in [1.29, 1.82) is 0 Å². The van der Waals surface area contributed by atoms with Gasteiger partial charge in [-0.05, 0) is 35.4 Å². The lowest BCUT2D eigenvalue weighted by molar-refractivity contribution is 0.0687. The summed E-state index contributed by atoms with van der Waals surface area (Å²) in [5.74, 6) is -0.807. The van der Waals surface area contributed by atoms with Crippen molar-refractivity contribution in [2.45, 2.75) is 0 Å². The zero-order valence-corrected chi connectivity index (χ0v) is 11.9. The molecule has 0 saturated heterocycles. The van der Waals surface area contributed by atoms with E-state index in [0.29, 0.717) is 10.8 Å². The van der Waals surface area contributed by atoms with E-state index in [9.17, 15) is 4.79 Å². The van der Waals surface area contributed by atoms with E-state index in [4.69, 9.17) is 21.4 Å². The van der Waals surface area contributed by atoms with Gasteiger partial charge < -0.3 is 9.84 Å². The van der Waals surface area contributed by atoms with Crippen LogP contribution in [0.5, 0.6) is 11.6 Å². The highest BCUT2D eigenvalue weighted by Crippen LogP contribution is 2.28. The van der Waals surface area contributed by atoms with E-state index in [1.165, 1.54) is 0 Å². The minimum absolute atomic E-state index is 0.0826. The number of aromatic amines is 1. The van der Waals surface area contributed by atoms with Crippen LogP contribution in [0.4, 0.5) is 0 Å². The summed E-state index contributed by atoms with van der Waals surface area (Å²) in [4.78, 5) is 11.0. The summed E-state index contributed by atoms with van der Waals surface area (Å²) in [6, 6.07) is 14.6. The van der Waals surface area contributed by atoms with Crippen LogP contribution in [0.2, 0.25) is 5.02 Å². The van der Waals surface area contributed by atoms with E-state index < -0.39 is 5.97 Å². The second-order valence-electron chi connectivity index (χ2n) is 4.43. The number of carbonyl (C=O) groups is 1. The average Bonchev–Trinajstić information content (AvgIpc) is 2.96. The highest BCUT2D eigenvalue weighted by molar-refractivity contribution is 6.30. The van der Waals surface area contributed by atoms with Crippen LogP contribution in [-0.2, 0) is 0 Å². The first kappa shape index (κ1) is 14.1. The minimum Gasteiger partial charge on any atom is -0.476 e. The van der Waals surface area contributed by atoms with Gasteiger partial charge in [0.25, 0.3) is 5.88 Å². The molecule has 3 rings (SSSR count). The Bertz CT molecular complexity index is 815. The predicted molar refractivity (Wildman–Crippen MR) is 80.3 cm³/mol. The van der Waals surface area contributed by atoms with Gasteiger partial charge in [0.15, 0.2) is 0 Å². The summed E-state index contributed by atoms with van der Waals surface area (Å²) in [7, 11) is 0. The van der Waals surface area contributed by atoms with Gasteiger partial charge in [0, 0.05) is 5.02 Å². The number of aromatic nitrogens is 3. The molecule has 0 fully saturated rings. The Hall–Kier alpha value is -2.86. The second kappa shape index (κ2) is 5.87. The lowest BCUT2D eigenvalue weighted by Crippen LogP contribution is -1.99. The molecule has 110 valence electrons. The lowest BCUT2D eigenvalue weighted by Gasteiger charge is -2.06. The molecule has 22 heavy (non-hydrogen) atoms. The summed E-state index contributed by atoms with van der Waals surface area (Å²) in [6.45, 7) is 0. The summed E-state index contributed by atoms with van der Waals surface area (Å²) in [5.41, 5.74) is 1.68. The van der Waals surface area contributed by atoms with Crippen molar-refractivity contribution in [3.05, 3.63) is 59.2 Å². The van der Waals surface area contributed by atoms with E-state index in [2.05, 4.69) is 15.4 Å². The third kappa shape index (κ3) is 2.91. The third-order valence-electron chi connectivity index (χ3n) is 2.96. The number of carboxylic acids is 1. The molecule has 2 aromatic carbocycles. The van der Waals surface area contributed by atoms with Gasteiger partial charge in [0.1, 0.15) is 5.75 Å². The predicted octanol–water partition coefficient (Wildman–Crippen LogP) is 3.62. The number of rotatable bonds is 4. The quantitative estimate of drug-likeness (QED) is 0.767. The van der Waals surface area contributed by atoms with Gasteiger partial charge in [0.05, 0.1) is 0 Å². The van der Waals surface area contributed by atoms with Crippen LogP contribution in [0, 0.1) is 0 Å². The maximum Gasteiger partial charge on any atom is 0.359 e. The van der Waals surface area contributed by atoms with Gasteiger partial charge in [0.2, 0.25) is 5.69 Å². The number of benzene rings is 2. The summed E-state index contributed by atoms with van der Waals surface area (Å²) < 4.78 is 5.48.